The molecular weight excluding hydrogens is 254 g/mol. The maximum absolute atomic E-state index is 11.7. The first-order valence-electron chi connectivity index (χ1n) is 7.56. The molecule has 1 aliphatic rings. The van der Waals surface area contributed by atoms with E-state index in [1.807, 2.05) is 20.8 Å². The van der Waals surface area contributed by atoms with Crippen molar-refractivity contribution in [1.29, 1.82) is 0 Å². The Bertz CT molecular complexity index is 313. The smallest absolute Gasteiger partial charge is 0.407 e. The summed E-state index contributed by atoms with van der Waals surface area (Å²) in [6.45, 7) is 8.84. The van der Waals surface area contributed by atoms with Gasteiger partial charge in [0.05, 0.1) is 0 Å². The molecule has 0 heterocycles. The Labute approximate surface area is 123 Å². The highest BCUT2D eigenvalue weighted by atomic mass is 16.6. The van der Waals surface area contributed by atoms with Crippen LogP contribution < -0.4 is 10.6 Å². The van der Waals surface area contributed by atoms with Crippen molar-refractivity contribution in [2.75, 3.05) is 20.6 Å². The summed E-state index contributed by atoms with van der Waals surface area (Å²) in [6, 6.07) is 1.25. The third-order valence-electron chi connectivity index (χ3n) is 3.74. The summed E-state index contributed by atoms with van der Waals surface area (Å²) in [5.41, 5.74) is -0.429. The number of rotatable bonds is 5. The Morgan fingerprint density at radius 1 is 1.30 bits per heavy atom. The van der Waals surface area contributed by atoms with Crippen LogP contribution in [0.25, 0.3) is 0 Å². The summed E-state index contributed by atoms with van der Waals surface area (Å²) in [5, 5.41) is 6.54. The van der Waals surface area contributed by atoms with Crippen LogP contribution in [0.1, 0.15) is 47.0 Å². The second-order valence-corrected chi connectivity index (χ2v) is 7.07. The van der Waals surface area contributed by atoms with Crippen LogP contribution in [-0.2, 0) is 4.74 Å². The van der Waals surface area contributed by atoms with Crippen LogP contribution in [0.15, 0.2) is 0 Å². The van der Waals surface area contributed by atoms with E-state index in [1.165, 1.54) is 0 Å². The molecule has 3 unspecified atom stereocenters. The van der Waals surface area contributed by atoms with Crippen molar-refractivity contribution in [3.8, 4) is 0 Å². The predicted molar refractivity (Wildman–Crippen MR) is 81.9 cm³/mol. The minimum absolute atomic E-state index is 0.233. The molecule has 2 N–H and O–H groups in total. The van der Waals surface area contributed by atoms with E-state index in [0.29, 0.717) is 12.1 Å². The molecule has 0 radical (unpaired) electrons. The standard InChI is InChI=1S/C15H31N3O2/c1-11(18(5)6)10-16-12-7-8-13(9-12)17-14(19)20-15(2,3)4/h11-13,16H,7-10H2,1-6H3,(H,17,19). The summed E-state index contributed by atoms with van der Waals surface area (Å²) in [4.78, 5) is 13.9. The third-order valence-corrected chi connectivity index (χ3v) is 3.74. The number of likely N-dealkylation sites (N-methyl/N-ethyl adjacent to an activating group) is 1. The lowest BCUT2D eigenvalue weighted by Gasteiger charge is -2.23. The number of amides is 1. The Kier molecular flexibility index (Phi) is 6.27. The molecule has 1 saturated carbocycles. The molecule has 0 saturated heterocycles. The van der Waals surface area contributed by atoms with Crippen molar-refractivity contribution in [2.24, 2.45) is 0 Å². The number of carbonyl (C=O) groups is 1. The molecule has 0 aromatic rings. The van der Waals surface area contributed by atoms with Crippen molar-refractivity contribution in [1.82, 2.24) is 15.5 Å². The number of nitrogens with one attached hydrogen (secondary N) is 2. The molecular formula is C15H31N3O2. The molecule has 1 fully saturated rings. The van der Waals surface area contributed by atoms with Gasteiger partial charge in [0.25, 0.3) is 0 Å². The SMILES string of the molecule is CC(CNC1CCC(NC(=O)OC(C)(C)C)C1)N(C)C. The zero-order valence-electron chi connectivity index (χ0n) is 13.8. The van der Waals surface area contributed by atoms with Crippen molar-refractivity contribution >= 4 is 6.09 Å². The normalized spacial score (nSPS) is 24.8. The average Bonchev–Trinajstić information content (AvgIpc) is 2.70. The monoisotopic (exact) mass is 285 g/mol. The van der Waals surface area contributed by atoms with Gasteiger partial charge in [-0.1, -0.05) is 0 Å². The Morgan fingerprint density at radius 2 is 1.90 bits per heavy atom. The van der Waals surface area contributed by atoms with Crippen LogP contribution in [-0.4, -0.2) is 55.4 Å². The Morgan fingerprint density at radius 3 is 2.45 bits per heavy atom. The highest BCUT2D eigenvalue weighted by Gasteiger charge is 2.27. The van der Waals surface area contributed by atoms with E-state index in [1.54, 1.807) is 0 Å². The molecule has 5 heteroatoms. The number of ether oxygens (including phenoxy) is 1. The van der Waals surface area contributed by atoms with E-state index in [0.717, 1.165) is 25.8 Å². The maximum atomic E-state index is 11.7. The molecule has 0 aromatic heterocycles. The van der Waals surface area contributed by atoms with E-state index >= 15 is 0 Å². The van der Waals surface area contributed by atoms with Gasteiger partial charge in [0.1, 0.15) is 5.60 Å². The van der Waals surface area contributed by atoms with Crippen molar-refractivity contribution in [2.45, 2.75) is 70.7 Å². The minimum Gasteiger partial charge on any atom is -0.444 e. The molecule has 1 aliphatic carbocycles. The first-order chi connectivity index (χ1) is 9.17. The topological polar surface area (TPSA) is 53.6 Å². The number of hydrogen-bond donors (Lipinski definition) is 2. The zero-order chi connectivity index (χ0) is 15.3. The molecule has 0 bridgehead atoms. The van der Waals surface area contributed by atoms with Gasteiger partial charge in [-0.2, -0.15) is 0 Å². The van der Waals surface area contributed by atoms with Gasteiger partial charge in [0.2, 0.25) is 0 Å². The summed E-state index contributed by atoms with van der Waals surface area (Å²) in [5.74, 6) is 0. The van der Waals surface area contributed by atoms with Gasteiger partial charge >= 0.3 is 6.09 Å². The van der Waals surface area contributed by atoms with Crippen LogP contribution in [0.5, 0.6) is 0 Å². The zero-order valence-corrected chi connectivity index (χ0v) is 13.8. The van der Waals surface area contributed by atoms with Crippen LogP contribution >= 0.6 is 0 Å². The largest absolute Gasteiger partial charge is 0.444 e. The van der Waals surface area contributed by atoms with Crippen LogP contribution in [0.4, 0.5) is 4.79 Å². The fourth-order valence-corrected chi connectivity index (χ4v) is 2.29. The Balaban J connectivity index is 2.25. The van der Waals surface area contributed by atoms with Crippen molar-refractivity contribution in [3.05, 3.63) is 0 Å². The molecule has 3 atom stereocenters. The molecule has 1 amide bonds. The minimum atomic E-state index is -0.429. The Hall–Kier alpha value is -0.810. The quantitative estimate of drug-likeness (QED) is 0.811. The van der Waals surface area contributed by atoms with Gasteiger partial charge in [0.15, 0.2) is 0 Å². The van der Waals surface area contributed by atoms with E-state index in [-0.39, 0.29) is 12.1 Å². The van der Waals surface area contributed by atoms with E-state index in [2.05, 4.69) is 36.6 Å². The van der Waals surface area contributed by atoms with E-state index in [9.17, 15) is 4.79 Å². The number of alkyl carbamates (subject to hydrolysis) is 1. The molecule has 20 heavy (non-hydrogen) atoms. The van der Waals surface area contributed by atoms with Crippen molar-refractivity contribution in [3.63, 3.8) is 0 Å². The molecule has 0 spiro atoms. The molecule has 118 valence electrons. The molecule has 5 nitrogen and oxygen atoms in total. The molecule has 1 rings (SSSR count). The molecule has 0 aromatic carbocycles. The predicted octanol–water partition coefficient (Wildman–Crippen LogP) is 1.97. The fourth-order valence-electron chi connectivity index (χ4n) is 2.29. The summed E-state index contributed by atoms with van der Waals surface area (Å²) in [7, 11) is 4.18. The van der Waals surface area contributed by atoms with E-state index < -0.39 is 5.60 Å². The van der Waals surface area contributed by atoms with Gasteiger partial charge in [-0.25, -0.2) is 4.79 Å². The summed E-state index contributed by atoms with van der Waals surface area (Å²) < 4.78 is 5.29. The lowest BCUT2D eigenvalue weighted by Crippen LogP contribution is -2.41. The number of carbonyl (C=O) groups excluding carboxylic acids is 1. The van der Waals surface area contributed by atoms with Gasteiger partial charge in [-0.15, -0.1) is 0 Å². The lowest BCUT2D eigenvalue weighted by molar-refractivity contribution is 0.0505. The highest BCUT2D eigenvalue weighted by Crippen LogP contribution is 2.20. The van der Waals surface area contributed by atoms with E-state index in [4.69, 9.17) is 4.74 Å². The summed E-state index contributed by atoms with van der Waals surface area (Å²) in [6.07, 6.45) is 2.82. The third kappa shape index (κ3) is 6.57. The maximum Gasteiger partial charge on any atom is 0.407 e. The number of nitrogens with zero attached hydrogens (tertiary/aromatic N) is 1. The second kappa shape index (κ2) is 7.27. The lowest BCUT2D eigenvalue weighted by atomic mass is 10.2. The fraction of sp³-hybridized carbons (Fsp3) is 0.933. The van der Waals surface area contributed by atoms with Crippen LogP contribution in [0, 0.1) is 0 Å². The van der Waals surface area contributed by atoms with Crippen molar-refractivity contribution < 1.29 is 9.53 Å². The van der Waals surface area contributed by atoms with Gasteiger partial charge < -0.3 is 20.3 Å². The summed E-state index contributed by atoms with van der Waals surface area (Å²) >= 11 is 0. The first-order valence-corrected chi connectivity index (χ1v) is 7.56. The molecule has 0 aliphatic heterocycles. The van der Waals surface area contributed by atoms with Crippen LogP contribution in [0.2, 0.25) is 0 Å². The first kappa shape index (κ1) is 17.2. The van der Waals surface area contributed by atoms with Crippen LogP contribution in [0.3, 0.4) is 0 Å². The van der Waals surface area contributed by atoms with Gasteiger partial charge in [0, 0.05) is 24.7 Å². The highest BCUT2D eigenvalue weighted by molar-refractivity contribution is 5.68. The van der Waals surface area contributed by atoms with Gasteiger partial charge in [-0.3, -0.25) is 0 Å². The second-order valence-electron chi connectivity index (χ2n) is 7.07. The number of hydrogen-bond acceptors (Lipinski definition) is 4. The van der Waals surface area contributed by atoms with Gasteiger partial charge in [-0.05, 0) is 61.1 Å². The average molecular weight is 285 g/mol.